The molecule has 4 heteroatoms. The summed E-state index contributed by atoms with van der Waals surface area (Å²) in [4.78, 5) is 17.6. The molecule has 2 aromatic carbocycles. The largest absolute Gasteiger partial charge is 0.367 e. The van der Waals surface area contributed by atoms with Crippen LogP contribution in [0.4, 0.5) is 0 Å². The Balaban J connectivity index is 1.83. The number of likely N-dealkylation sites (tertiary alicyclic amines) is 1. The van der Waals surface area contributed by atoms with Gasteiger partial charge in [-0.1, -0.05) is 60.7 Å². The van der Waals surface area contributed by atoms with Crippen molar-refractivity contribution in [2.24, 2.45) is 0 Å². The molecule has 0 saturated carbocycles. The molecule has 2 unspecified atom stereocenters. The van der Waals surface area contributed by atoms with Crippen LogP contribution >= 0.6 is 0 Å². The molecule has 0 aliphatic carbocycles. The van der Waals surface area contributed by atoms with Gasteiger partial charge >= 0.3 is 0 Å². The van der Waals surface area contributed by atoms with Crippen molar-refractivity contribution >= 4 is 5.91 Å². The number of hydrogen-bond acceptors (Lipinski definition) is 3. The van der Waals surface area contributed by atoms with Crippen molar-refractivity contribution in [3.05, 3.63) is 71.8 Å². The summed E-state index contributed by atoms with van der Waals surface area (Å²) >= 11 is 0. The van der Waals surface area contributed by atoms with Gasteiger partial charge in [0.05, 0.1) is 6.04 Å². The summed E-state index contributed by atoms with van der Waals surface area (Å²) in [5, 5.41) is 0. The Morgan fingerprint density at radius 2 is 1.54 bits per heavy atom. The smallest absolute Gasteiger partial charge is 0.256 e. The van der Waals surface area contributed by atoms with Gasteiger partial charge in [-0.15, -0.1) is 0 Å². The zero-order valence-corrected chi connectivity index (χ0v) is 15.7. The molecule has 0 aromatic heterocycles. The topological polar surface area (TPSA) is 32.8 Å². The molecule has 3 rings (SSSR count). The highest BCUT2D eigenvalue weighted by Gasteiger charge is 2.30. The lowest BCUT2D eigenvalue weighted by molar-refractivity contribution is -0.143. The zero-order chi connectivity index (χ0) is 18.4. The highest BCUT2D eigenvalue weighted by Crippen LogP contribution is 2.27. The van der Waals surface area contributed by atoms with Crippen molar-refractivity contribution in [2.45, 2.75) is 25.0 Å². The number of likely N-dealkylation sites (N-methyl/N-ethyl adjacent to an activating group) is 1. The highest BCUT2D eigenvalue weighted by molar-refractivity contribution is 5.82. The number of benzene rings is 2. The molecule has 0 spiro atoms. The van der Waals surface area contributed by atoms with E-state index in [1.807, 2.05) is 60.5 Å². The molecule has 1 fully saturated rings. The van der Waals surface area contributed by atoms with Crippen molar-refractivity contribution < 1.29 is 9.53 Å². The van der Waals surface area contributed by atoms with Crippen molar-refractivity contribution in [2.75, 3.05) is 33.8 Å². The standard InChI is InChI=1S/C22H28N2O2/c1-23(22(25)21(26-2)19-13-7-4-8-14-19)20(17-24-15-9-10-16-24)18-11-5-3-6-12-18/h3-8,11-14,20-21H,9-10,15-17H2,1-2H3. The summed E-state index contributed by atoms with van der Waals surface area (Å²) < 4.78 is 5.57. The first kappa shape index (κ1) is 18.6. The lowest BCUT2D eigenvalue weighted by atomic mass is 10.0. The Morgan fingerprint density at radius 3 is 2.08 bits per heavy atom. The number of carbonyl (C=O) groups excluding carboxylic acids is 1. The highest BCUT2D eigenvalue weighted by atomic mass is 16.5. The lowest BCUT2D eigenvalue weighted by Gasteiger charge is -2.34. The summed E-state index contributed by atoms with van der Waals surface area (Å²) in [7, 11) is 3.49. The number of ether oxygens (including phenoxy) is 1. The van der Waals surface area contributed by atoms with Crippen molar-refractivity contribution in [3.8, 4) is 0 Å². The van der Waals surface area contributed by atoms with Crippen molar-refractivity contribution in [1.82, 2.24) is 9.80 Å². The minimum absolute atomic E-state index is 0.00764. The van der Waals surface area contributed by atoms with Gasteiger partial charge in [-0.3, -0.25) is 4.79 Å². The van der Waals surface area contributed by atoms with Gasteiger partial charge in [-0.2, -0.15) is 0 Å². The first-order chi connectivity index (χ1) is 12.7. The van der Waals surface area contributed by atoms with Crippen LogP contribution in [0.3, 0.4) is 0 Å². The van der Waals surface area contributed by atoms with E-state index in [9.17, 15) is 4.79 Å². The number of methoxy groups -OCH3 is 1. The number of rotatable bonds is 7. The van der Waals surface area contributed by atoms with Crippen LogP contribution in [0.1, 0.15) is 36.1 Å². The average molecular weight is 352 g/mol. The van der Waals surface area contributed by atoms with Crippen LogP contribution in [0.25, 0.3) is 0 Å². The SMILES string of the molecule is COC(C(=O)N(C)C(CN1CCCC1)c1ccccc1)c1ccccc1. The van der Waals surface area contributed by atoms with Gasteiger partial charge < -0.3 is 14.5 Å². The molecule has 1 amide bonds. The number of hydrogen-bond donors (Lipinski definition) is 0. The Morgan fingerprint density at radius 1 is 1.00 bits per heavy atom. The quantitative estimate of drug-likeness (QED) is 0.762. The van der Waals surface area contributed by atoms with E-state index in [0.29, 0.717) is 0 Å². The third kappa shape index (κ3) is 4.32. The van der Waals surface area contributed by atoms with Gasteiger partial charge in [0.2, 0.25) is 0 Å². The molecule has 1 saturated heterocycles. The van der Waals surface area contributed by atoms with E-state index in [1.54, 1.807) is 7.11 Å². The maximum Gasteiger partial charge on any atom is 0.256 e. The van der Waals surface area contributed by atoms with E-state index in [0.717, 1.165) is 30.8 Å². The molecule has 0 bridgehead atoms. The van der Waals surface area contributed by atoms with Gasteiger partial charge in [-0.25, -0.2) is 0 Å². The number of carbonyl (C=O) groups is 1. The fourth-order valence-corrected chi connectivity index (χ4v) is 3.68. The molecule has 0 radical (unpaired) electrons. The van der Waals surface area contributed by atoms with Crippen LogP contribution < -0.4 is 0 Å². The molecule has 1 aliphatic rings. The average Bonchev–Trinajstić information content (AvgIpc) is 3.21. The van der Waals surface area contributed by atoms with Gasteiger partial charge in [0.25, 0.3) is 5.91 Å². The molecule has 4 nitrogen and oxygen atoms in total. The van der Waals surface area contributed by atoms with Crippen LogP contribution in [0, 0.1) is 0 Å². The first-order valence-corrected chi connectivity index (χ1v) is 9.32. The van der Waals surface area contributed by atoms with Crippen LogP contribution in [-0.4, -0.2) is 49.5 Å². The maximum absolute atomic E-state index is 13.2. The monoisotopic (exact) mass is 352 g/mol. The van der Waals surface area contributed by atoms with Gasteiger partial charge in [0, 0.05) is 20.7 Å². The summed E-state index contributed by atoms with van der Waals surface area (Å²) in [6.07, 6.45) is 1.90. The fraction of sp³-hybridized carbons (Fsp3) is 0.409. The van der Waals surface area contributed by atoms with E-state index in [1.165, 1.54) is 12.8 Å². The molecule has 1 aliphatic heterocycles. The lowest BCUT2D eigenvalue weighted by Crippen LogP contribution is -2.41. The molecule has 2 aromatic rings. The van der Waals surface area contributed by atoms with Gasteiger partial charge in [0.15, 0.2) is 6.10 Å². The number of nitrogens with zero attached hydrogens (tertiary/aromatic N) is 2. The summed E-state index contributed by atoms with van der Waals surface area (Å²) in [6.45, 7) is 3.08. The third-order valence-corrected chi connectivity index (χ3v) is 5.19. The van der Waals surface area contributed by atoms with Gasteiger partial charge in [0.1, 0.15) is 0 Å². The van der Waals surface area contributed by atoms with Crippen LogP contribution in [0.2, 0.25) is 0 Å². The van der Waals surface area contributed by atoms with Gasteiger partial charge in [-0.05, 0) is 37.1 Å². The normalized spacial score (nSPS) is 17.0. The van der Waals surface area contributed by atoms with Crippen molar-refractivity contribution in [1.29, 1.82) is 0 Å². The van der Waals surface area contributed by atoms with Crippen LogP contribution in [-0.2, 0) is 9.53 Å². The minimum atomic E-state index is -0.578. The van der Waals surface area contributed by atoms with E-state index in [2.05, 4.69) is 17.0 Å². The second-order valence-corrected chi connectivity index (χ2v) is 6.91. The Kier molecular flexibility index (Phi) is 6.42. The molecular weight excluding hydrogens is 324 g/mol. The van der Waals surface area contributed by atoms with Crippen LogP contribution in [0.5, 0.6) is 0 Å². The van der Waals surface area contributed by atoms with E-state index < -0.39 is 6.10 Å². The summed E-state index contributed by atoms with van der Waals surface area (Å²) in [5.74, 6) is -0.00764. The van der Waals surface area contributed by atoms with E-state index >= 15 is 0 Å². The Hall–Kier alpha value is -2.17. The molecular formula is C22H28N2O2. The molecule has 138 valence electrons. The summed E-state index contributed by atoms with van der Waals surface area (Å²) in [5.41, 5.74) is 2.05. The molecule has 1 heterocycles. The predicted molar refractivity (Wildman–Crippen MR) is 104 cm³/mol. The van der Waals surface area contributed by atoms with E-state index in [-0.39, 0.29) is 11.9 Å². The second-order valence-electron chi connectivity index (χ2n) is 6.91. The minimum Gasteiger partial charge on any atom is -0.367 e. The molecule has 2 atom stereocenters. The Bertz CT molecular complexity index is 684. The third-order valence-electron chi connectivity index (χ3n) is 5.19. The molecule has 26 heavy (non-hydrogen) atoms. The first-order valence-electron chi connectivity index (χ1n) is 9.32. The zero-order valence-electron chi connectivity index (χ0n) is 15.7. The second kappa shape index (κ2) is 8.97. The Labute approximate surface area is 156 Å². The van der Waals surface area contributed by atoms with E-state index in [4.69, 9.17) is 4.74 Å². The van der Waals surface area contributed by atoms with Crippen LogP contribution in [0.15, 0.2) is 60.7 Å². The fourth-order valence-electron chi connectivity index (χ4n) is 3.68. The summed E-state index contributed by atoms with van der Waals surface area (Å²) in [6, 6.07) is 20.0. The predicted octanol–water partition coefficient (Wildman–Crippen LogP) is 3.67. The number of amides is 1. The van der Waals surface area contributed by atoms with Crippen molar-refractivity contribution in [3.63, 3.8) is 0 Å². The molecule has 0 N–H and O–H groups in total. The maximum atomic E-state index is 13.2.